The fourth-order valence-corrected chi connectivity index (χ4v) is 3.32. The van der Waals surface area contributed by atoms with Crippen LogP contribution in [0.1, 0.15) is 12.5 Å². The maximum atomic E-state index is 12.2. The van der Waals surface area contributed by atoms with Crippen molar-refractivity contribution < 1.29 is 9.53 Å². The van der Waals surface area contributed by atoms with Crippen molar-refractivity contribution in [1.82, 2.24) is 15.4 Å². The van der Waals surface area contributed by atoms with E-state index in [0.29, 0.717) is 33.8 Å². The minimum Gasteiger partial charge on any atom is -0.482 e. The first kappa shape index (κ1) is 22.5. The van der Waals surface area contributed by atoms with Crippen LogP contribution in [0.2, 0.25) is 10.0 Å². The standard InChI is InChI=1S/C21H22Cl2N6O2/c1-3-29(15-6-4-5-13(2)9-15)21-19(24)20(25-12-26-21)28-27-18(30)11-31-17-8-7-14(22)10-16(17)23/h4-10,12H,3,11,24H2,1-2H3,(H,27,30)(H,25,26,28). The highest BCUT2D eigenvalue weighted by Crippen LogP contribution is 2.31. The number of nitrogen functional groups attached to an aromatic ring is 1. The van der Waals surface area contributed by atoms with E-state index in [-0.39, 0.29) is 12.4 Å². The molecule has 0 spiro atoms. The number of hydrogen-bond acceptors (Lipinski definition) is 7. The lowest BCUT2D eigenvalue weighted by atomic mass is 10.2. The number of amides is 1. The van der Waals surface area contributed by atoms with E-state index >= 15 is 0 Å². The third-order valence-corrected chi connectivity index (χ3v) is 4.85. The second-order valence-corrected chi connectivity index (χ2v) is 7.42. The number of aryl methyl sites for hydroxylation is 1. The number of nitrogens with zero attached hydrogens (tertiary/aromatic N) is 3. The number of aromatic nitrogens is 2. The van der Waals surface area contributed by atoms with Crippen molar-refractivity contribution in [3.05, 3.63) is 64.4 Å². The molecular weight excluding hydrogens is 439 g/mol. The van der Waals surface area contributed by atoms with E-state index in [0.717, 1.165) is 11.3 Å². The Morgan fingerprint density at radius 2 is 2.00 bits per heavy atom. The van der Waals surface area contributed by atoms with E-state index in [1.807, 2.05) is 43.0 Å². The average Bonchev–Trinajstić information content (AvgIpc) is 2.74. The predicted molar refractivity (Wildman–Crippen MR) is 124 cm³/mol. The van der Waals surface area contributed by atoms with E-state index < -0.39 is 5.91 Å². The predicted octanol–water partition coefficient (Wildman–Crippen LogP) is 4.35. The zero-order valence-corrected chi connectivity index (χ0v) is 18.5. The Bertz CT molecular complexity index is 1080. The molecule has 31 heavy (non-hydrogen) atoms. The van der Waals surface area contributed by atoms with Crippen LogP contribution in [0.3, 0.4) is 0 Å². The summed E-state index contributed by atoms with van der Waals surface area (Å²) in [6.07, 6.45) is 1.38. The zero-order valence-electron chi connectivity index (χ0n) is 17.0. The molecule has 0 saturated carbocycles. The van der Waals surface area contributed by atoms with Crippen LogP contribution >= 0.6 is 23.2 Å². The summed E-state index contributed by atoms with van der Waals surface area (Å²) in [5.74, 6) is 0.705. The summed E-state index contributed by atoms with van der Waals surface area (Å²) in [4.78, 5) is 22.6. The molecule has 162 valence electrons. The number of benzene rings is 2. The fraction of sp³-hybridized carbons (Fsp3) is 0.190. The lowest BCUT2D eigenvalue weighted by Gasteiger charge is -2.24. The highest BCUT2D eigenvalue weighted by atomic mass is 35.5. The summed E-state index contributed by atoms with van der Waals surface area (Å²) < 4.78 is 5.41. The molecule has 3 aromatic rings. The largest absolute Gasteiger partial charge is 0.482 e. The molecule has 0 aliphatic carbocycles. The van der Waals surface area contributed by atoms with E-state index in [2.05, 4.69) is 20.8 Å². The Hall–Kier alpha value is -3.23. The van der Waals surface area contributed by atoms with Crippen molar-refractivity contribution in [1.29, 1.82) is 0 Å². The van der Waals surface area contributed by atoms with Gasteiger partial charge in [-0.15, -0.1) is 0 Å². The molecule has 0 radical (unpaired) electrons. The number of nitrogens with one attached hydrogen (secondary N) is 2. The molecule has 1 aromatic heterocycles. The van der Waals surface area contributed by atoms with Gasteiger partial charge >= 0.3 is 0 Å². The van der Waals surface area contributed by atoms with Gasteiger partial charge < -0.3 is 15.4 Å². The summed E-state index contributed by atoms with van der Waals surface area (Å²) >= 11 is 11.9. The van der Waals surface area contributed by atoms with Crippen LogP contribution in [-0.4, -0.2) is 29.0 Å². The highest BCUT2D eigenvalue weighted by Gasteiger charge is 2.16. The number of rotatable bonds is 8. The van der Waals surface area contributed by atoms with Gasteiger partial charge in [0.05, 0.1) is 5.02 Å². The Morgan fingerprint density at radius 1 is 1.19 bits per heavy atom. The van der Waals surface area contributed by atoms with Gasteiger partial charge in [-0.1, -0.05) is 35.3 Å². The summed E-state index contributed by atoms with van der Waals surface area (Å²) in [7, 11) is 0. The normalized spacial score (nSPS) is 10.5. The summed E-state index contributed by atoms with van der Waals surface area (Å²) in [5.41, 5.74) is 13.9. The molecule has 2 aromatic carbocycles. The van der Waals surface area contributed by atoms with Gasteiger partial charge in [-0.2, -0.15) is 0 Å². The SMILES string of the molecule is CCN(c1cccc(C)c1)c1ncnc(NNC(=O)COc2ccc(Cl)cc2Cl)c1N. The smallest absolute Gasteiger partial charge is 0.276 e. The Labute approximate surface area is 190 Å². The van der Waals surface area contributed by atoms with Gasteiger partial charge in [-0.3, -0.25) is 15.6 Å². The number of anilines is 4. The molecule has 0 fully saturated rings. The molecule has 0 atom stereocenters. The van der Waals surface area contributed by atoms with Gasteiger partial charge in [-0.05, 0) is 49.7 Å². The minimum absolute atomic E-state index is 0.267. The molecule has 3 rings (SSSR count). The lowest BCUT2D eigenvalue weighted by molar-refractivity contribution is -0.122. The summed E-state index contributed by atoms with van der Waals surface area (Å²) in [6.45, 7) is 4.39. The van der Waals surface area contributed by atoms with Crippen molar-refractivity contribution in [2.45, 2.75) is 13.8 Å². The monoisotopic (exact) mass is 460 g/mol. The van der Waals surface area contributed by atoms with Gasteiger partial charge in [0.25, 0.3) is 5.91 Å². The van der Waals surface area contributed by atoms with Gasteiger partial charge in [-0.25, -0.2) is 9.97 Å². The lowest BCUT2D eigenvalue weighted by Crippen LogP contribution is -2.34. The van der Waals surface area contributed by atoms with E-state index in [4.69, 9.17) is 33.7 Å². The number of ether oxygens (including phenoxy) is 1. The Morgan fingerprint density at radius 3 is 2.71 bits per heavy atom. The number of carbonyl (C=O) groups excluding carboxylic acids is 1. The van der Waals surface area contributed by atoms with Crippen LogP contribution in [0, 0.1) is 6.92 Å². The third-order valence-electron chi connectivity index (χ3n) is 4.32. The molecule has 0 aliphatic rings. The quantitative estimate of drug-likeness (QED) is 0.428. The topological polar surface area (TPSA) is 105 Å². The Kier molecular flexibility index (Phi) is 7.38. The third kappa shape index (κ3) is 5.68. The molecule has 0 saturated heterocycles. The maximum Gasteiger partial charge on any atom is 0.276 e. The van der Waals surface area contributed by atoms with Crippen molar-refractivity contribution in [3.63, 3.8) is 0 Å². The molecule has 0 bridgehead atoms. The number of hydrazine groups is 1. The average molecular weight is 461 g/mol. The van der Waals surface area contributed by atoms with Crippen molar-refractivity contribution in [2.24, 2.45) is 0 Å². The van der Waals surface area contributed by atoms with E-state index in [1.54, 1.807) is 12.1 Å². The van der Waals surface area contributed by atoms with Crippen LogP contribution in [0.5, 0.6) is 5.75 Å². The van der Waals surface area contributed by atoms with Gasteiger partial charge in [0, 0.05) is 17.3 Å². The molecule has 1 heterocycles. The van der Waals surface area contributed by atoms with Crippen molar-refractivity contribution in [3.8, 4) is 5.75 Å². The number of halogens is 2. The first-order valence-corrected chi connectivity index (χ1v) is 10.2. The van der Waals surface area contributed by atoms with Gasteiger partial charge in [0.1, 0.15) is 17.8 Å². The zero-order chi connectivity index (χ0) is 22.4. The first-order valence-electron chi connectivity index (χ1n) is 9.46. The van der Waals surface area contributed by atoms with Crippen molar-refractivity contribution in [2.75, 3.05) is 29.2 Å². The summed E-state index contributed by atoms with van der Waals surface area (Å²) in [6, 6.07) is 12.7. The second kappa shape index (κ2) is 10.2. The van der Waals surface area contributed by atoms with Crippen LogP contribution in [0.15, 0.2) is 48.8 Å². The number of nitrogens with two attached hydrogens (primary N) is 1. The highest BCUT2D eigenvalue weighted by molar-refractivity contribution is 6.35. The molecule has 0 aliphatic heterocycles. The molecule has 4 N–H and O–H groups in total. The number of hydrogen-bond donors (Lipinski definition) is 3. The molecule has 10 heteroatoms. The van der Waals surface area contributed by atoms with Crippen LogP contribution in [-0.2, 0) is 4.79 Å². The Balaban J connectivity index is 1.66. The van der Waals surface area contributed by atoms with Crippen LogP contribution in [0.4, 0.5) is 23.0 Å². The number of carbonyl (C=O) groups is 1. The van der Waals surface area contributed by atoms with E-state index in [9.17, 15) is 4.79 Å². The van der Waals surface area contributed by atoms with E-state index in [1.165, 1.54) is 12.4 Å². The molecule has 8 nitrogen and oxygen atoms in total. The summed E-state index contributed by atoms with van der Waals surface area (Å²) in [5, 5.41) is 0.791. The molecular formula is C21H22Cl2N6O2. The second-order valence-electron chi connectivity index (χ2n) is 6.58. The van der Waals surface area contributed by atoms with Crippen LogP contribution < -0.4 is 26.2 Å². The van der Waals surface area contributed by atoms with Crippen molar-refractivity contribution >= 4 is 52.1 Å². The van der Waals surface area contributed by atoms with Crippen LogP contribution in [0.25, 0.3) is 0 Å². The maximum absolute atomic E-state index is 12.2. The molecule has 1 amide bonds. The fourth-order valence-electron chi connectivity index (χ4n) is 2.85. The molecule has 0 unspecified atom stereocenters. The first-order chi connectivity index (χ1) is 14.9. The van der Waals surface area contributed by atoms with Gasteiger partial charge in [0.2, 0.25) is 0 Å². The van der Waals surface area contributed by atoms with Gasteiger partial charge in [0.15, 0.2) is 18.2 Å². The minimum atomic E-state index is -0.448.